The highest BCUT2D eigenvalue weighted by molar-refractivity contribution is 5.94. The number of anilines is 1. The van der Waals surface area contributed by atoms with Crippen molar-refractivity contribution < 1.29 is 13.9 Å². The zero-order valence-corrected chi connectivity index (χ0v) is 15.0. The largest absolute Gasteiger partial charge is 0.365 e. The van der Waals surface area contributed by atoms with E-state index in [1.807, 2.05) is 6.07 Å². The first-order valence-electron chi connectivity index (χ1n) is 8.79. The van der Waals surface area contributed by atoms with E-state index in [0.717, 1.165) is 22.3 Å². The molecule has 1 aliphatic rings. The average Bonchev–Trinajstić information content (AvgIpc) is 3.25. The fourth-order valence-corrected chi connectivity index (χ4v) is 3.43. The van der Waals surface area contributed by atoms with Crippen molar-refractivity contribution in [2.75, 3.05) is 18.5 Å². The van der Waals surface area contributed by atoms with Crippen LogP contribution in [0.4, 0.5) is 10.2 Å². The number of rotatable bonds is 5. The summed E-state index contributed by atoms with van der Waals surface area (Å²) in [6.07, 6.45) is 1.61. The maximum absolute atomic E-state index is 13.1. The van der Waals surface area contributed by atoms with Gasteiger partial charge in [0.25, 0.3) is 0 Å². The zero-order valence-electron chi connectivity index (χ0n) is 15.0. The number of aryl methyl sites for hydroxylation is 1. The van der Waals surface area contributed by atoms with Gasteiger partial charge >= 0.3 is 0 Å². The molecule has 1 fully saturated rings. The van der Waals surface area contributed by atoms with Crippen LogP contribution in [0.2, 0.25) is 0 Å². The normalized spacial score (nSPS) is 15.0. The van der Waals surface area contributed by atoms with Gasteiger partial charge in [0.05, 0.1) is 25.3 Å². The number of ether oxygens (including phenoxy) is 2. The first-order valence-corrected chi connectivity index (χ1v) is 8.79. The smallest absolute Gasteiger partial charge is 0.175 e. The van der Waals surface area contributed by atoms with Gasteiger partial charge in [-0.25, -0.2) is 9.37 Å². The van der Waals surface area contributed by atoms with Crippen LogP contribution in [0.5, 0.6) is 0 Å². The molecular formula is C20H22FN3O2. The van der Waals surface area contributed by atoms with Crippen molar-refractivity contribution >= 4 is 16.7 Å². The maximum Gasteiger partial charge on any atom is 0.175 e. The highest BCUT2D eigenvalue weighted by Crippen LogP contribution is 2.31. The molecule has 1 aliphatic heterocycles. The number of benzene rings is 1. The number of pyridine rings is 1. The fourth-order valence-electron chi connectivity index (χ4n) is 3.43. The van der Waals surface area contributed by atoms with Gasteiger partial charge in [0.15, 0.2) is 6.29 Å². The first-order chi connectivity index (χ1) is 12.6. The van der Waals surface area contributed by atoms with Crippen molar-refractivity contribution in [2.45, 2.75) is 33.2 Å². The van der Waals surface area contributed by atoms with Crippen LogP contribution in [0.1, 0.15) is 16.8 Å². The van der Waals surface area contributed by atoms with E-state index in [1.165, 1.54) is 23.4 Å². The van der Waals surface area contributed by atoms with Crippen molar-refractivity contribution in [3.8, 4) is 0 Å². The lowest BCUT2D eigenvalue weighted by molar-refractivity contribution is -0.0520. The molecule has 0 spiro atoms. The summed E-state index contributed by atoms with van der Waals surface area (Å²) in [4.78, 5) is 4.53. The average molecular weight is 355 g/mol. The van der Waals surface area contributed by atoms with Crippen molar-refractivity contribution in [2.24, 2.45) is 0 Å². The van der Waals surface area contributed by atoms with Crippen molar-refractivity contribution in [3.63, 3.8) is 0 Å². The Balaban J connectivity index is 1.64. The van der Waals surface area contributed by atoms with E-state index in [4.69, 9.17) is 9.47 Å². The Hall–Kier alpha value is -2.44. The maximum atomic E-state index is 13.1. The first kappa shape index (κ1) is 17.0. The van der Waals surface area contributed by atoms with E-state index in [-0.39, 0.29) is 12.1 Å². The van der Waals surface area contributed by atoms with Gasteiger partial charge in [0.2, 0.25) is 0 Å². The number of nitrogens with one attached hydrogen (secondary N) is 1. The van der Waals surface area contributed by atoms with Crippen LogP contribution >= 0.6 is 0 Å². The predicted molar refractivity (Wildman–Crippen MR) is 98.6 cm³/mol. The molecule has 6 heteroatoms. The van der Waals surface area contributed by atoms with Crippen LogP contribution in [0.25, 0.3) is 10.9 Å². The molecule has 1 aromatic carbocycles. The summed E-state index contributed by atoms with van der Waals surface area (Å²) in [6, 6.07) is 8.52. The van der Waals surface area contributed by atoms with Gasteiger partial charge in [0, 0.05) is 23.8 Å². The minimum atomic E-state index is -0.228. The molecule has 1 N–H and O–H groups in total. The third kappa shape index (κ3) is 3.18. The Morgan fingerprint density at radius 2 is 1.88 bits per heavy atom. The molecule has 1 saturated heterocycles. The highest BCUT2D eigenvalue weighted by atomic mass is 19.1. The summed E-state index contributed by atoms with van der Waals surface area (Å²) in [5.41, 5.74) is 4.48. The second-order valence-electron chi connectivity index (χ2n) is 6.53. The molecule has 0 bridgehead atoms. The molecule has 26 heavy (non-hydrogen) atoms. The number of nitrogens with zero attached hydrogens (tertiary/aromatic N) is 2. The number of fused-ring (bicyclic) bond motifs is 1. The number of hydrogen-bond acceptors (Lipinski definition) is 4. The molecule has 0 unspecified atom stereocenters. The molecule has 0 aliphatic carbocycles. The van der Waals surface area contributed by atoms with Gasteiger partial charge in [-0.15, -0.1) is 0 Å². The number of aromatic nitrogens is 2. The third-order valence-corrected chi connectivity index (χ3v) is 4.94. The van der Waals surface area contributed by atoms with Gasteiger partial charge in [-0.2, -0.15) is 0 Å². The Bertz CT molecular complexity index is 915. The molecule has 3 aromatic rings. The van der Waals surface area contributed by atoms with Crippen LogP contribution < -0.4 is 5.32 Å². The van der Waals surface area contributed by atoms with Gasteiger partial charge < -0.3 is 19.4 Å². The molecule has 136 valence electrons. The quantitative estimate of drug-likeness (QED) is 0.757. The number of hydrogen-bond donors (Lipinski definition) is 1. The number of halogens is 1. The molecule has 3 heterocycles. The van der Waals surface area contributed by atoms with Gasteiger partial charge in [-0.1, -0.05) is 12.1 Å². The van der Waals surface area contributed by atoms with Gasteiger partial charge in [-0.3, -0.25) is 0 Å². The second-order valence-corrected chi connectivity index (χ2v) is 6.53. The Labute approximate surface area is 151 Å². The van der Waals surface area contributed by atoms with Gasteiger partial charge in [0.1, 0.15) is 11.6 Å². The molecule has 0 atom stereocenters. The van der Waals surface area contributed by atoms with E-state index in [0.29, 0.717) is 26.3 Å². The summed E-state index contributed by atoms with van der Waals surface area (Å²) in [5, 5.41) is 4.49. The van der Waals surface area contributed by atoms with E-state index in [1.54, 1.807) is 18.3 Å². The Morgan fingerprint density at radius 1 is 1.15 bits per heavy atom. The van der Waals surface area contributed by atoms with E-state index < -0.39 is 0 Å². The lowest BCUT2D eigenvalue weighted by Gasteiger charge is -2.13. The molecule has 4 rings (SSSR count). The van der Waals surface area contributed by atoms with Crippen molar-refractivity contribution in [3.05, 3.63) is 59.2 Å². The Morgan fingerprint density at radius 3 is 2.62 bits per heavy atom. The standard InChI is InChI=1S/C20H22FN3O2/c1-13-14(2)24(12-18-25-9-10-26-18)17-7-8-22-20(19(13)17)23-11-15-3-5-16(21)6-4-15/h3-8,18H,9-12H2,1-2H3,(H,22,23). The molecular weight excluding hydrogens is 333 g/mol. The topological polar surface area (TPSA) is 48.3 Å². The minimum absolute atomic E-state index is 0.201. The van der Waals surface area contributed by atoms with E-state index >= 15 is 0 Å². The summed E-state index contributed by atoms with van der Waals surface area (Å²) in [7, 11) is 0. The summed E-state index contributed by atoms with van der Waals surface area (Å²) < 4.78 is 26.5. The molecule has 0 saturated carbocycles. The van der Waals surface area contributed by atoms with Crippen LogP contribution in [-0.2, 0) is 22.6 Å². The van der Waals surface area contributed by atoms with Crippen molar-refractivity contribution in [1.82, 2.24) is 9.55 Å². The van der Waals surface area contributed by atoms with Crippen LogP contribution in [0.3, 0.4) is 0 Å². The highest BCUT2D eigenvalue weighted by Gasteiger charge is 2.21. The van der Waals surface area contributed by atoms with Crippen LogP contribution in [0.15, 0.2) is 36.5 Å². The van der Waals surface area contributed by atoms with Crippen LogP contribution in [0, 0.1) is 19.7 Å². The Kier molecular flexibility index (Phi) is 4.61. The summed E-state index contributed by atoms with van der Waals surface area (Å²) in [5.74, 6) is 0.605. The summed E-state index contributed by atoms with van der Waals surface area (Å²) in [6.45, 7) is 6.76. The fraction of sp³-hybridized carbons (Fsp3) is 0.350. The summed E-state index contributed by atoms with van der Waals surface area (Å²) >= 11 is 0. The predicted octanol–water partition coefficient (Wildman–Crippen LogP) is 3.78. The molecule has 5 nitrogen and oxygen atoms in total. The van der Waals surface area contributed by atoms with Crippen LogP contribution in [-0.4, -0.2) is 29.1 Å². The van der Waals surface area contributed by atoms with E-state index in [2.05, 4.69) is 28.7 Å². The third-order valence-electron chi connectivity index (χ3n) is 4.94. The lowest BCUT2D eigenvalue weighted by atomic mass is 10.1. The van der Waals surface area contributed by atoms with Gasteiger partial charge in [-0.05, 0) is 43.2 Å². The monoisotopic (exact) mass is 355 g/mol. The molecule has 0 amide bonds. The zero-order chi connectivity index (χ0) is 18.1. The lowest BCUT2D eigenvalue weighted by Crippen LogP contribution is -2.17. The van der Waals surface area contributed by atoms with Crippen molar-refractivity contribution in [1.29, 1.82) is 0 Å². The molecule has 2 aromatic heterocycles. The molecule has 0 radical (unpaired) electrons. The minimum Gasteiger partial charge on any atom is -0.365 e. The second kappa shape index (κ2) is 7.05. The van der Waals surface area contributed by atoms with E-state index in [9.17, 15) is 4.39 Å². The SMILES string of the molecule is Cc1c(C)n(CC2OCCO2)c2ccnc(NCc3ccc(F)cc3)c12.